The highest BCUT2D eigenvalue weighted by Gasteiger charge is 2.13. The molecule has 30 heavy (non-hydrogen) atoms. The molecule has 3 aromatic carbocycles. The molecule has 0 atom stereocenters. The quantitative estimate of drug-likeness (QED) is 0.350. The van der Waals surface area contributed by atoms with Gasteiger partial charge in [-0.05, 0) is 35.9 Å². The molecule has 4 aromatic rings. The fourth-order valence-corrected chi connectivity index (χ4v) is 3.07. The van der Waals surface area contributed by atoms with E-state index in [2.05, 4.69) is 20.8 Å². The van der Waals surface area contributed by atoms with Crippen molar-refractivity contribution in [3.8, 4) is 11.5 Å². The lowest BCUT2D eigenvalue weighted by Crippen LogP contribution is -2.15. The summed E-state index contributed by atoms with van der Waals surface area (Å²) in [6.07, 6.45) is 0.215. The third-order valence-electron chi connectivity index (χ3n) is 4.45. The van der Waals surface area contributed by atoms with E-state index < -0.39 is 5.91 Å². The van der Waals surface area contributed by atoms with Crippen molar-refractivity contribution in [2.75, 3.05) is 10.6 Å². The molecule has 0 aliphatic heterocycles. The van der Waals surface area contributed by atoms with Crippen molar-refractivity contribution < 1.29 is 19.8 Å². The monoisotopic (exact) mass is 402 g/mol. The van der Waals surface area contributed by atoms with Crippen LogP contribution < -0.4 is 10.6 Å². The van der Waals surface area contributed by atoms with Crippen LogP contribution in [0, 0.1) is 0 Å². The number of benzene rings is 3. The molecule has 5 N–H and O–H groups in total. The lowest BCUT2D eigenvalue weighted by molar-refractivity contribution is -0.115. The number of aromatic hydroxyl groups is 2. The third kappa shape index (κ3) is 4.22. The van der Waals surface area contributed by atoms with Gasteiger partial charge in [-0.2, -0.15) is 5.10 Å². The Balaban J connectivity index is 1.52. The van der Waals surface area contributed by atoms with Gasteiger partial charge >= 0.3 is 0 Å². The van der Waals surface area contributed by atoms with Crippen LogP contribution in [0.2, 0.25) is 0 Å². The maximum Gasteiger partial charge on any atom is 0.255 e. The standard InChI is InChI=1S/C22H18N4O4/c27-16-9-14(10-17(28)12-16)22(30)23-15-6-7-19-18(11-15)21(26-25-19)24-20(29)8-13-4-2-1-3-5-13/h1-7,9-12,27-28H,8H2,(H,23,30)(H2,24,25,26,29). The molecule has 0 aliphatic carbocycles. The Bertz CT molecular complexity index is 1210. The molecule has 8 nitrogen and oxygen atoms in total. The van der Waals surface area contributed by atoms with E-state index in [0.717, 1.165) is 11.6 Å². The molecule has 0 spiro atoms. The first-order chi connectivity index (χ1) is 14.5. The summed E-state index contributed by atoms with van der Waals surface area (Å²) in [6, 6.07) is 18.1. The first-order valence-corrected chi connectivity index (χ1v) is 9.14. The highest BCUT2D eigenvalue weighted by atomic mass is 16.3. The normalized spacial score (nSPS) is 10.7. The fraction of sp³-hybridized carbons (Fsp3) is 0.0455. The number of fused-ring (bicyclic) bond motifs is 1. The Labute approximate surface area is 171 Å². The van der Waals surface area contributed by atoms with Crippen LogP contribution in [0.25, 0.3) is 10.9 Å². The Hall–Kier alpha value is -4.33. The predicted molar refractivity (Wildman–Crippen MR) is 113 cm³/mol. The molecule has 1 heterocycles. The van der Waals surface area contributed by atoms with E-state index >= 15 is 0 Å². The summed E-state index contributed by atoms with van der Waals surface area (Å²) in [5, 5.41) is 32.2. The molecule has 1 aromatic heterocycles. The first kappa shape index (κ1) is 19.0. The predicted octanol–water partition coefficient (Wildman–Crippen LogP) is 3.41. The Morgan fingerprint density at radius 2 is 1.63 bits per heavy atom. The van der Waals surface area contributed by atoms with Crippen molar-refractivity contribution in [2.24, 2.45) is 0 Å². The smallest absolute Gasteiger partial charge is 0.255 e. The number of nitrogens with zero attached hydrogens (tertiary/aromatic N) is 1. The molecular formula is C22H18N4O4. The molecule has 0 fully saturated rings. The van der Waals surface area contributed by atoms with E-state index in [1.54, 1.807) is 18.2 Å². The number of amides is 2. The molecule has 8 heteroatoms. The number of rotatable bonds is 5. The number of H-pyrrole nitrogens is 1. The van der Waals surface area contributed by atoms with Crippen LogP contribution in [0.3, 0.4) is 0 Å². The summed E-state index contributed by atoms with van der Waals surface area (Å²) < 4.78 is 0. The molecule has 0 bridgehead atoms. The van der Waals surface area contributed by atoms with Gasteiger partial charge in [-0.25, -0.2) is 0 Å². The number of hydrogen-bond acceptors (Lipinski definition) is 5. The molecule has 2 amide bonds. The lowest BCUT2D eigenvalue weighted by atomic mass is 10.1. The van der Waals surface area contributed by atoms with Crippen molar-refractivity contribution >= 4 is 34.2 Å². The number of phenolic OH excluding ortho intramolecular Hbond substituents is 2. The van der Waals surface area contributed by atoms with Gasteiger partial charge in [0, 0.05) is 22.7 Å². The van der Waals surface area contributed by atoms with Gasteiger partial charge in [-0.15, -0.1) is 0 Å². The summed E-state index contributed by atoms with van der Waals surface area (Å²) in [7, 11) is 0. The van der Waals surface area contributed by atoms with Gasteiger partial charge in [0.25, 0.3) is 5.91 Å². The number of phenols is 2. The first-order valence-electron chi connectivity index (χ1n) is 9.14. The Morgan fingerprint density at radius 3 is 2.37 bits per heavy atom. The topological polar surface area (TPSA) is 127 Å². The van der Waals surface area contributed by atoms with Crippen LogP contribution in [0.15, 0.2) is 66.7 Å². The molecular weight excluding hydrogens is 384 g/mol. The Kier molecular flexibility index (Phi) is 5.04. The highest BCUT2D eigenvalue weighted by Crippen LogP contribution is 2.26. The van der Waals surface area contributed by atoms with Crippen molar-refractivity contribution in [3.63, 3.8) is 0 Å². The SMILES string of the molecule is O=C(Cc1ccccc1)Nc1n[nH]c2ccc(NC(=O)c3cc(O)cc(O)c3)cc12. The number of carbonyl (C=O) groups excluding carboxylic acids is 2. The molecule has 4 rings (SSSR count). The number of nitrogens with one attached hydrogen (secondary N) is 3. The van der Waals surface area contributed by atoms with Crippen LogP contribution in [-0.4, -0.2) is 32.2 Å². The number of carbonyl (C=O) groups is 2. The summed E-state index contributed by atoms with van der Waals surface area (Å²) in [6.45, 7) is 0. The maximum atomic E-state index is 12.4. The van der Waals surface area contributed by atoms with Gasteiger partial charge < -0.3 is 20.8 Å². The molecule has 0 unspecified atom stereocenters. The van der Waals surface area contributed by atoms with E-state index in [4.69, 9.17) is 0 Å². The minimum absolute atomic E-state index is 0.108. The van der Waals surface area contributed by atoms with Crippen molar-refractivity contribution in [1.82, 2.24) is 10.2 Å². The van der Waals surface area contributed by atoms with Gasteiger partial charge in [0.1, 0.15) is 11.5 Å². The minimum Gasteiger partial charge on any atom is -0.508 e. The third-order valence-corrected chi connectivity index (χ3v) is 4.45. The zero-order chi connectivity index (χ0) is 21.1. The van der Waals surface area contributed by atoms with Crippen LogP contribution in [0.1, 0.15) is 15.9 Å². The maximum absolute atomic E-state index is 12.4. The molecule has 0 saturated carbocycles. The van der Waals surface area contributed by atoms with E-state index in [0.29, 0.717) is 22.4 Å². The van der Waals surface area contributed by atoms with Gasteiger partial charge in [0.05, 0.1) is 11.9 Å². The van der Waals surface area contributed by atoms with Crippen LogP contribution in [0.5, 0.6) is 11.5 Å². The Morgan fingerprint density at radius 1 is 0.900 bits per heavy atom. The summed E-state index contributed by atoms with van der Waals surface area (Å²) in [5.41, 5.74) is 2.15. The second kappa shape index (κ2) is 7.96. The van der Waals surface area contributed by atoms with Gasteiger partial charge in [-0.1, -0.05) is 30.3 Å². The number of aromatic nitrogens is 2. The van der Waals surface area contributed by atoms with E-state index in [-0.39, 0.29) is 29.4 Å². The zero-order valence-corrected chi connectivity index (χ0v) is 15.7. The highest BCUT2D eigenvalue weighted by molar-refractivity contribution is 6.07. The van der Waals surface area contributed by atoms with Crippen molar-refractivity contribution in [1.29, 1.82) is 0 Å². The number of hydrogen-bond donors (Lipinski definition) is 5. The number of aromatic amines is 1. The fourth-order valence-electron chi connectivity index (χ4n) is 3.07. The second-order valence-corrected chi connectivity index (χ2v) is 6.74. The van der Waals surface area contributed by atoms with Crippen molar-refractivity contribution in [3.05, 3.63) is 77.9 Å². The summed E-state index contributed by atoms with van der Waals surface area (Å²) in [5.74, 6) is -0.780. The minimum atomic E-state index is -0.501. The van der Waals surface area contributed by atoms with Gasteiger partial charge in [0.2, 0.25) is 5.91 Å². The zero-order valence-electron chi connectivity index (χ0n) is 15.7. The van der Waals surface area contributed by atoms with Crippen LogP contribution >= 0.6 is 0 Å². The van der Waals surface area contributed by atoms with E-state index in [1.807, 2.05) is 30.3 Å². The molecule has 150 valence electrons. The number of anilines is 2. The van der Waals surface area contributed by atoms with Crippen LogP contribution in [0.4, 0.5) is 11.5 Å². The summed E-state index contributed by atoms with van der Waals surface area (Å²) in [4.78, 5) is 24.8. The average Bonchev–Trinajstić information content (AvgIpc) is 3.10. The largest absolute Gasteiger partial charge is 0.508 e. The van der Waals surface area contributed by atoms with Gasteiger partial charge in [-0.3, -0.25) is 14.7 Å². The van der Waals surface area contributed by atoms with E-state index in [1.165, 1.54) is 12.1 Å². The van der Waals surface area contributed by atoms with E-state index in [9.17, 15) is 19.8 Å². The van der Waals surface area contributed by atoms with Crippen molar-refractivity contribution in [2.45, 2.75) is 6.42 Å². The molecule has 0 radical (unpaired) electrons. The molecule has 0 saturated heterocycles. The average molecular weight is 402 g/mol. The second-order valence-electron chi connectivity index (χ2n) is 6.74. The lowest BCUT2D eigenvalue weighted by Gasteiger charge is -2.07. The van der Waals surface area contributed by atoms with Crippen LogP contribution in [-0.2, 0) is 11.2 Å². The molecule has 0 aliphatic rings. The van der Waals surface area contributed by atoms with Gasteiger partial charge in [0.15, 0.2) is 5.82 Å². The summed E-state index contributed by atoms with van der Waals surface area (Å²) >= 11 is 0.